The van der Waals surface area contributed by atoms with Crippen molar-refractivity contribution in [3.8, 4) is 112 Å². The first kappa shape index (κ1) is 82.1. The number of hydrogen-bond donors (Lipinski definition) is 0. The standard InChI is InChI=1S/C70H46N2O.C64H42N2O/c1-4-15-47(16-5-1)51-35-40-58(41-36-51)71(67-26-14-24-62-68-60-22-11-10-19-56(60)46-63(70(68)73-69(62)67)54-17-6-2-7-18-54)59-42-37-52(38-43-59)50-29-27-48(28-30-50)49-31-33-53(34-32-49)55-39-44-66-64(45-55)61-23-12-13-25-65(61)72(66)57-20-8-3-9-21-57;1-3-14-43(15-4-1)46-30-36-51(37-31-46)65(61-25-13-22-57-62-54-19-8-7-18-50(54)42-58(64(62)67-63(57)61)49-16-5-2-6-17-49)52-38-32-47(33-39-52)44-26-28-45(29-27-44)48-34-40-53(41-35-48)66-59-23-11-9-20-55(59)56-21-10-12-24-60(56)66/h1-46H;1-42H. The van der Waals surface area contributed by atoms with E-state index in [9.17, 15) is 0 Å². The normalized spacial score (nSPS) is 11.6. The summed E-state index contributed by atoms with van der Waals surface area (Å²) in [5, 5.41) is 14.2. The molecule has 656 valence electrons. The summed E-state index contributed by atoms with van der Waals surface area (Å²) in [6.45, 7) is 0. The molecule has 27 rings (SSSR count). The molecule has 4 aromatic heterocycles. The highest BCUT2D eigenvalue weighted by Crippen LogP contribution is 2.51. The Morgan fingerprint density at radius 2 is 0.393 bits per heavy atom. The van der Waals surface area contributed by atoms with Crippen molar-refractivity contribution in [3.63, 3.8) is 0 Å². The van der Waals surface area contributed by atoms with Crippen LogP contribution in [0.25, 0.3) is 221 Å². The monoisotopic (exact) mass is 1780 g/mol. The van der Waals surface area contributed by atoms with E-state index in [0.717, 1.165) is 128 Å². The van der Waals surface area contributed by atoms with E-state index in [1.54, 1.807) is 0 Å². The maximum absolute atomic E-state index is 7.17. The number of nitrogens with zero attached hydrogens (tertiary/aromatic N) is 4. The van der Waals surface area contributed by atoms with Crippen LogP contribution < -0.4 is 9.80 Å². The molecule has 0 radical (unpaired) electrons. The average Bonchev–Trinajstić information content (AvgIpc) is 1.58. The second kappa shape index (κ2) is 35.0. The fourth-order valence-electron chi connectivity index (χ4n) is 21.2. The van der Waals surface area contributed by atoms with Crippen LogP contribution in [0.2, 0.25) is 0 Å². The van der Waals surface area contributed by atoms with Gasteiger partial charge in [0, 0.05) is 88.3 Å². The molecule has 0 aliphatic carbocycles. The summed E-state index contributed by atoms with van der Waals surface area (Å²) in [5.74, 6) is 0. The highest BCUT2D eigenvalue weighted by Gasteiger charge is 2.27. The highest BCUT2D eigenvalue weighted by molar-refractivity contribution is 6.26. The lowest BCUT2D eigenvalue weighted by atomic mass is 9.96. The Balaban J connectivity index is 0.000000145. The fourth-order valence-corrected chi connectivity index (χ4v) is 21.2. The van der Waals surface area contributed by atoms with Crippen LogP contribution in [0.15, 0.2) is 543 Å². The van der Waals surface area contributed by atoms with Crippen LogP contribution in [0.3, 0.4) is 0 Å². The van der Waals surface area contributed by atoms with E-state index in [1.807, 2.05) is 0 Å². The number of rotatable bonds is 17. The Morgan fingerprint density at radius 1 is 0.150 bits per heavy atom. The highest BCUT2D eigenvalue weighted by atomic mass is 16.3. The van der Waals surface area contributed by atoms with Gasteiger partial charge in [-0.25, -0.2) is 0 Å². The zero-order valence-corrected chi connectivity index (χ0v) is 76.4. The molecule has 27 aromatic rings. The van der Waals surface area contributed by atoms with E-state index in [4.69, 9.17) is 8.83 Å². The number of furan rings is 2. The molecule has 140 heavy (non-hydrogen) atoms. The Labute approximate surface area is 810 Å². The van der Waals surface area contributed by atoms with E-state index in [0.29, 0.717) is 0 Å². The summed E-state index contributed by atoms with van der Waals surface area (Å²) >= 11 is 0. The molecule has 0 spiro atoms. The summed E-state index contributed by atoms with van der Waals surface area (Å²) < 4.78 is 19.0. The number of para-hydroxylation sites is 6. The summed E-state index contributed by atoms with van der Waals surface area (Å²) in [5.41, 5.74) is 37.7. The molecule has 0 aliphatic heterocycles. The quantitative estimate of drug-likeness (QED) is 0.0911. The first-order valence-corrected chi connectivity index (χ1v) is 47.9. The van der Waals surface area contributed by atoms with Crippen molar-refractivity contribution in [1.82, 2.24) is 9.13 Å². The molecule has 0 saturated carbocycles. The van der Waals surface area contributed by atoms with Crippen LogP contribution >= 0.6 is 0 Å². The summed E-state index contributed by atoms with van der Waals surface area (Å²) in [7, 11) is 0. The van der Waals surface area contributed by atoms with Crippen molar-refractivity contribution in [2.75, 3.05) is 9.80 Å². The SMILES string of the molecule is c1ccc(-c2ccc(N(c3ccc(-c4ccc(-c5ccc(-c6ccc7c(c6)c6ccccc6n7-c6ccccc6)cc5)cc4)cc3)c3cccc4c3oc3c(-c5ccccc5)cc5ccccc5c34)cc2)cc1.c1ccc(-c2ccc(N(c3ccc(-c4ccc(-c5ccc(-n6c7ccccc7c7ccccc76)cc5)cc4)cc3)c3cccc4c3oc3c(-c5ccccc5)cc5ccccc5c34)cc2)cc1. The molecule has 0 bridgehead atoms. The number of anilines is 6. The molecule has 0 N–H and O–H groups in total. The van der Waals surface area contributed by atoms with Gasteiger partial charge in [-0.3, -0.25) is 0 Å². The van der Waals surface area contributed by atoms with E-state index < -0.39 is 0 Å². The molecule has 0 atom stereocenters. The zero-order valence-electron chi connectivity index (χ0n) is 76.4. The second-order valence-corrected chi connectivity index (χ2v) is 36.1. The first-order chi connectivity index (χ1) is 69.4. The summed E-state index contributed by atoms with van der Waals surface area (Å²) in [6, 6.07) is 192. The lowest BCUT2D eigenvalue weighted by Gasteiger charge is -2.26. The first-order valence-electron chi connectivity index (χ1n) is 47.9. The third-order valence-corrected chi connectivity index (χ3v) is 28.0. The third-order valence-electron chi connectivity index (χ3n) is 28.0. The Kier molecular flexibility index (Phi) is 20.5. The molecule has 0 saturated heterocycles. The minimum Gasteiger partial charge on any atom is -0.453 e. The van der Waals surface area contributed by atoms with Crippen molar-refractivity contribution in [2.45, 2.75) is 0 Å². The van der Waals surface area contributed by atoms with Crippen LogP contribution in [-0.2, 0) is 0 Å². The van der Waals surface area contributed by atoms with Crippen molar-refractivity contribution in [1.29, 1.82) is 0 Å². The minimum absolute atomic E-state index is 0.846. The number of aromatic nitrogens is 2. The molecular weight excluding hydrogens is 1700 g/mol. The van der Waals surface area contributed by atoms with E-state index >= 15 is 0 Å². The van der Waals surface area contributed by atoms with Crippen LogP contribution in [0.5, 0.6) is 0 Å². The molecule has 4 heterocycles. The lowest BCUT2D eigenvalue weighted by molar-refractivity contribution is 0.670. The van der Waals surface area contributed by atoms with Gasteiger partial charge >= 0.3 is 0 Å². The van der Waals surface area contributed by atoms with Gasteiger partial charge in [0.1, 0.15) is 11.2 Å². The van der Waals surface area contributed by atoms with Gasteiger partial charge in [-0.1, -0.05) is 406 Å². The maximum atomic E-state index is 7.17. The van der Waals surface area contributed by atoms with Crippen LogP contribution in [0.4, 0.5) is 34.1 Å². The van der Waals surface area contributed by atoms with Crippen molar-refractivity contribution in [3.05, 3.63) is 534 Å². The molecule has 0 fully saturated rings. The Bertz CT molecular complexity index is 9270. The summed E-state index contributed by atoms with van der Waals surface area (Å²) in [4.78, 5) is 4.67. The fraction of sp³-hybridized carbons (Fsp3) is 0. The van der Waals surface area contributed by atoms with Gasteiger partial charge in [0.15, 0.2) is 11.2 Å². The molecular formula is C134H88N4O2. The van der Waals surface area contributed by atoms with Crippen LogP contribution in [0, 0.1) is 0 Å². The van der Waals surface area contributed by atoms with Gasteiger partial charge < -0.3 is 27.8 Å². The summed E-state index contributed by atoms with van der Waals surface area (Å²) in [6.07, 6.45) is 0. The molecule has 23 aromatic carbocycles. The van der Waals surface area contributed by atoms with E-state index in [1.165, 1.54) is 126 Å². The Hall–Kier alpha value is -18.6. The molecule has 6 heteroatoms. The van der Waals surface area contributed by atoms with E-state index in [-0.39, 0.29) is 0 Å². The zero-order chi connectivity index (χ0) is 92.5. The van der Waals surface area contributed by atoms with Gasteiger partial charge in [-0.15, -0.1) is 0 Å². The molecule has 6 nitrogen and oxygen atoms in total. The van der Waals surface area contributed by atoms with E-state index in [2.05, 4.69) is 553 Å². The van der Waals surface area contributed by atoms with Gasteiger partial charge in [-0.05, 0) is 238 Å². The predicted molar refractivity (Wildman–Crippen MR) is 589 cm³/mol. The van der Waals surface area contributed by atoms with Gasteiger partial charge in [0.2, 0.25) is 0 Å². The third kappa shape index (κ3) is 14.7. The minimum atomic E-state index is 0.846. The maximum Gasteiger partial charge on any atom is 0.159 e. The van der Waals surface area contributed by atoms with Gasteiger partial charge in [0.25, 0.3) is 0 Å². The largest absolute Gasteiger partial charge is 0.453 e. The van der Waals surface area contributed by atoms with Gasteiger partial charge in [0.05, 0.1) is 33.4 Å². The van der Waals surface area contributed by atoms with Crippen molar-refractivity contribution in [2.24, 2.45) is 0 Å². The number of hydrogen-bond acceptors (Lipinski definition) is 4. The average molecular weight is 1790 g/mol. The van der Waals surface area contributed by atoms with Crippen molar-refractivity contribution < 1.29 is 8.83 Å². The van der Waals surface area contributed by atoms with Gasteiger partial charge in [-0.2, -0.15) is 0 Å². The lowest BCUT2D eigenvalue weighted by Crippen LogP contribution is -2.10. The van der Waals surface area contributed by atoms with Crippen molar-refractivity contribution >= 4 is 143 Å². The smallest absolute Gasteiger partial charge is 0.159 e. The number of benzene rings is 23. The molecule has 0 amide bonds. The molecule has 0 unspecified atom stereocenters. The van der Waals surface area contributed by atoms with Crippen LogP contribution in [-0.4, -0.2) is 9.13 Å². The van der Waals surface area contributed by atoms with Crippen LogP contribution in [0.1, 0.15) is 0 Å². The topological polar surface area (TPSA) is 42.6 Å². The number of fused-ring (bicyclic) bond motifs is 16. The Morgan fingerprint density at radius 3 is 0.743 bits per heavy atom. The molecule has 0 aliphatic rings. The second-order valence-electron chi connectivity index (χ2n) is 36.1. The predicted octanol–water partition coefficient (Wildman–Crippen LogP) is 37.6.